The van der Waals surface area contributed by atoms with Gasteiger partial charge in [-0.25, -0.2) is 0 Å². The summed E-state index contributed by atoms with van der Waals surface area (Å²) < 4.78 is 16.9. The first kappa shape index (κ1) is 74.8. The molecule has 0 rings (SSSR count). The van der Waals surface area contributed by atoms with Crippen LogP contribution in [0.4, 0.5) is 0 Å². The molecular weight excluding hydrogens is 961 g/mol. The van der Waals surface area contributed by atoms with E-state index in [1.807, 2.05) is 0 Å². The molecule has 0 radical (unpaired) electrons. The van der Waals surface area contributed by atoms with Crippen molar-refractivity contribution < 1.29 is 28.6 Å². The van der Waals surface area contributed by atoms with Crippen molar-refractivity contribution in [2.24, 2.45) is 0 Å². The maximum absolute atomic E-state index is 12.9. The highest BCUT2D eigenvalue weighted by molar-refractivity contribution is 5.71. The number of ether oxygens (including phenoxy) is 3. The van der Waals surface area contributed by atoms with Crippen LogP contribution in [0.5, 0.6) is 0 Å². The van der Waals surface area contributed by atoms with Gasteiger partial charge in [-0.15, -0.1) is 0 Å². The van der Waals surface area contributed by atoms with Crippen molar-refractivity contribution in [2.75, 3.05) is 13.2 Å². The average molecular weight is 1090 g/mol. The van der Waals surface area contributed by atoms with Crippen LogP contribution in [0.25, 0.3) is 0 Å². The second kappa shape index (κ2) is 66.4. The summed E-state index contributed by atoms with van der Waals surface area (Å²) in [5.74, 6) is -0.893. The summed E-state index contributed by atoms with van der Waals surface area (Å²) >= 11 is 0. The Balaban J connectivity index is 4.12. The van der Waals surface area contributed by atoms with Crippen molar-refractivity contribution >= 4 is 17.9 Å². The Labute approximate surface area is 484 Å². The van der Waals surface area contributed by atoms with E-state index in [4.69, 9.17) is 14.2 Å². The predicted molar refractivity (Wildman–Crippen MR) is 339 cm³/mol. The molecule has 0 fully saturated rings. The van der Waals surface area contributed by atoms with Crippen LogP contribution < -0.4 is 0 Å². The van der Waals surface area contributed by atoms with E-state index < -0.39 is 6.10 Å². The van der Waals surface area contributed by atoms with E-state index in [1.54, 1.807) is 0 Å². The Kier molecular flexibility index (Phi) is 63.7. The van der Waals surface area contributed by atoms with Gasteiger partial charge in [0.25, 0.3) is 0 Å². The normalized spacial score (nSPS) is 12.5. The highest BCUT2D eigenvalue weighted by Crippen LogP contribution is 2.18. The highest BCUT2D eigenvalue weighted by atomic mass is 16.6. The zero-order chi connectivity index (χ0) is 56.4. The van der Waals surface area contributed by atoms with E-state index in [-0.39, 0.29) is 31.1 Å². The Morgan fingerprint density at radius 1 is 0.269 bits per heavy atom. The fourth-order valence-electron chi connectivity index (χ4n) is 9.88. The molecule has 0 amide bonds. The lowest BCUT2D eigenvalue weighted by molar-refractivity contribution is -0.167. The first-order valence-corrected chi connectivity index (χ1v) is 33.9. The number of rotatable bonds is 62. The van der Waals surface area contributed by atoms with Gasteiger partial charge in [-0.1, -0.05) is 312 Å². The topological polar surface area (TPSA) is 78.9 Å². The fourth-order valence-corrected chi connectivity index (χ4v) is 9.88. The van der Waals surface area contributed by atoms with Crippen molar-refractivity contribution in [3.05, 3.63) is 72.9 Å². The van der Waals surface area contributed by atoms with Crippen LogP contribution >= 0.6 is 0 Å². The van der Waals surface area contributed by atoms with Crippen molar-refractivity contribution in [3.63, 3.8) is 0 Å². The smallest absolute Gasteiger partial charge is 0.306 e. The van der Waals surface area contributed by atoms with Crippen LogP contribution in [0.2, 0.25) is 0 Å². The third-order valence-corrected chi connectivity index (χ3v) is 14.9. The molecule has 0 bridgehead atoms. The number of hydrogen-bond donors (Lipinski definition) is 0. The summed E-state index contributed by atoms with van der Waals surface area (Å²) in [6, 6.07) is 0. The van der Waals surface area contributed by atoms with Gasteiger partial charge in [0.15, 0.2) is 6.10 Å². The van der Waals surface area contributed by atoms with E-state index in [0.29, 0.717) is 19.3 Å². The SMILES string of the molecule is CC/C=C\C/C=C\C/C=C\CCCCCC(=O)OCC(COC(=O)CCCCCCCCCCCCCCCCCCCC/C=C\C/C=C\C/C=C\CCCCCCC)OC(=O)CCCCCCCCCCCCCCCC. The summed E-state index contributed by atoms with van der Waals surface area (Å²) in [5.41, 5.74) is 0. The second-order valence-electron chi connectivity index (χ2n) is 22.7. The Morgan fingerprint density at radius 2 is 0.500 bits per heavy atom. The molecule has 0 saturated heterocycles. The molecule has 78 heavy (non-hydrogen) atoms. The molecule has 0 saturated carbocycles. The quantitative estimate of drug-likeness (QED) is 0.0261. The number of hydrogen-bond acceptors (Lipinski definition) is 6. The first-order valence-electron chi connectivity index (χ1n) is 33.9. The lowest BCUT2D eigenvalue weighted by Gasteiger charge is -2.18. The van der Waals surface area contributed by atoms with Crippen LogP contribution in [0.1, 0.15) is 348 Å². The number of carbonyl (C=O) groups excluding carboxylic acids is 3. The molecule has 0 aromatic rings. The molecule has 0 aliphatic rings. The van der Waals surface area contributed by atoms with E-state index in [0.717, 1.165) is 96.3 Å². The van der Waals surface area contributed by atoms with E-state index >= 15 is 0 Å². The third kappa shape index (κ3) is 63.7. The minimum Gasteiger partial charge on any atom is -0.462 e. The number of carbonyl (C=O) groups is 3. The van der Waals surface area contributed by atoms with E-state index in [9.17, 15) is 14.4 Å². The number of unbranched alkanes of at least 4 members (excludes halogenated alkanes) is 39. The van der Waals surface area contributed by atoms with E-state index in [2.05, 4.69) is 93.7 Å². The average Bonchev–Trinajstić information content (AvgIpc) is 3.44. The van der Waals surface area contributed by atoms with Crippen molar-refractivity contribution in [1.29, 1.82) is 0 Å². The predicted octanol–water partition coefficient (Wildman–Crippen LogP) is 23.3. The van der Waals surface area contributed by atoms with Crippen molar-refractivity contribution in [2.45, 2.75) is 354 Å². The molecule has 0 aliphatic heterocycles. The summed E-state index contributed by atoms with van der Waals surface area (Å²) in [5, 5.41) is 0. The summed E-state index contributed by atoms with van der Waals surface area (Å²) in [6.45, 7) is 6.53. The molecule has 0 spiro atoms. The van der Waals surface area contributed by atoms with Crippen LogP contribution in [0.15, 0.2) is 72.9 Å². The molecule has 1 atom stereocenters. The van der Waals surface area contributed by atoms with Gasteiger partial charge in [0.05, 0.1) is 0 Å². The minimum absolute atomic E-state index is 0.0802. The second-order valence-corrected chi connectivity index (χ2v) is 22.7. The monoisotopic (exact) mass is 1090 g/mol. The van der Waals surface area contributed by atoms with Gasteiger partial charge in [0.2, 0.25) is 0 Å². The summed E-state index contributed by atoms with van der Waals surface area (Å²) in [7, 11) is 0. The summed E-state index contributed by atoms with van der Waals surface area (Å²) in [6.07, 6.45) is 86.5. The lowest BCUT2D eigenvalue weighted by atomic mass is 10.0. The maximum atomic E-state index is 12.9. The van der Waals surface area contributed by atoms with Gasteiger partial charge >= 0.3 is 17.9 Å². The van der Waals surface area contributed by atoms with Crippen molar-refractivity contribution in [1.82, 2.24) is 0 Å². The number of allylic oxidation sites excluding steroid dienone is 12. The van der Waals surface area contributed by atoms with Gasteiger partial charge < -0.3 is 14.2 Å². The molecule has 0 N–H and O–H groups in total. The standard InChI is InChI=1S/C72H128O6/c1-4-7-10-13-16-19-22-25-27-28-29-30-31-32-33-34-35-36-37-38-39-40-41-42-43-44-45-48-50-53-56-59-62-65-71(74)77-68-69(67-76-70(73)64-61-58-55-52-49-46-24-21-18-15-12-9-6-3)78-72(75)66-63-60-57-54-51-47-26-23-20-17-14-11-8-5-2/h9,12,18,21-22,25,28-29,31-32,46,49,69H,4-8,10-11,13-17,19-20,23-24,26-27,30,33-45,47-48,50-68H2,1-3H3/b12-9-,21-18-,25-22-,29-28-,32-31-,49-46-. The van der Waals surface area contributed by atoms with Crippen LogP contribution in [0, 0.1) is 0 Å². The van der Waals surface area contributed by atoms with E-state index in [1.165, 1.54) is 212 Å². The fraction of sp³-hybridized carbons (Fsp3) is 0.792. The molecule has 452 valence electrons. The van der Waals surface area contributed by atoms with Gasteiger partial charge in [0.1, 0.15) is 13.2 Å². The van der Waals surface area contributed by atoms with Gasteiger partial charge in [0, 0.05) is 19.3 Å². The third-order valence-electron chi connectivity index (χ3n) is 14.9. The molecule has 1 unspecified atom stereocenters. The van der Waals surface area contributed by atoms with Gasteiger partial charge in [-0.3, -0.25) is 14.4 Å². The number of esters is 3. The zero-order valence-corrected chi connectivity index (χ0v) is 51.9. The molecule has 6 nitrogen and oxygen atoms in total. The minimum atomic E-state index is -0.784. The molecular formula is C72H128O6. The van der Waals surface area contributed by atoms with Gasteiger partial charge in [-0.2, -0.15) is 0 Å². The van der Waals surface area contributed by atoms with Crippen LogP contribution in [-0.4, -0.2) is 37.2 Å². The largest absolute Gasteiger partial charge is 0.462 e. The zero-order valence-electron chi connectivity index (χ0n) is 51.9. The summed E-state index contributed by atoms with van der Waals surface area (Å²) in [4.78, 5) is 38.3. The Bertz CT molecular complexity index is 1440. The Hall–Kier alpha value is -3.15. The molecule has 0 heterocycles. The van der Waals surface area contributed by atoms with Crippen molar-refractivity contribution in [3.8, 4) is 0 Å². The van der Waals surface area contributed by atoms with Crippen LogP contribution in [0.3, 0.4) is 0 Å². The molecule has 0 aliphatic carbocycles. The molecule has 6 heteroatoms. The maximum Gasteiger partial charge on any atom is 0.306 e. The lowest BCUT2D eigenvalue weighted by Crippen LogP contribution is -2.30. The first-order chi connectivity index (χ1) is 38.5. The Morgan fingerprint density at radius 3 is 0.795 bits per heavy atom. The highest BCUT2D eigenvalue weighted by Gasteiger charge is 2.19. The molecule has 0 aromatic heterocycles. The van der Waals surface area contributed by atoms with Gasteiger partial charge in [-0.05, 0) is 89.9 Å². The van der Waals surface area contributed by atoms with Crippen LogP contribution in [-0.2, 0) is 28.6 Å². The molecule has 0 aromatic carbocycles.